The molecule has 192 valence electrons. The number of carbonyl (C=O) groups is 1. The number of halogens is 2. The van der Waals surface area contributed by atoms with Gasteiger partial charge < -0.3 is 14.4 Å². The molecule has 0 radical (unpaired) electrons. The molecule has 4 rings (SSSR count). The summed E-state index contributed by atoms with van der Waals surface area (Å²) < 4.78 is 7.61. The zero-order valence-corrected chi connectivity index (χ0v) is 22.9. The van der Waals surface area contributed by atoms with E-state index < -0.39 is 5.97 Å². The fourth-order valence-electron chi connectivity index (χ4n) is 4.84. The van der Waals surface area contributed by atoms with Crippen LogP contribution in [0.5, 0.6) is 5.75 Å². The summed E-state index contributed by atoms with van der Waals surface area (Å²) in [6, 6.07) is 15.0. The van der Waals surface area contributed by atoms with E-state index in [1.807, 2.05) is 80.8 Å². The van der Waals surface area contributed by atoms with Gasteiger partial charge in [-0.3, -0.25) is 4.98 Å². The summed E-state index contributed by atoms with van der Waals surface area (Å²) >= 11 is 12.6. The van der Waals surface area contributed by atoms with Crippen LogP contribution in [0.4, 0.5) is 0 Å². The third-order valence-electron chi connectivity index (χ3n) is 6.53. The van der Waals surface area contributed by atoms with Crippen molar-refractivity contribution in [2.24, 2.45) is 0 Å². The molecule has 0 fully saturated rings. The van der Waals surface area contributed by atoms with E-state index in [9.17, 15) is 9.90 Å². The van der Waals surface area contributed by atoms with Crippen molar-refractivity contribution < 1.29 is 14.6 Å². The van der Waals surface area contributed by atoms with E-state index in [2.05, 4.69) is 4.98 Å². The van der Waals surface area contributed by atoms with Gasteiger partial charge in [-0.1, -0.05) is 41.4 Å². The number of aromatic carboxylic acids is 1. The normalized spacial score (nSPS) is 12.1. The standard InChI is InChI=1S/C29H29Cl2N3O3/c1-16(2)34-27(26(29(35)36)33-28(34)23-8-6-7-9-25(23)37-5)24(22-11-10-20(30)12-17(22)3)14-19-13-21(31)15-32-18(19)4/h6-13,15-16,24H,14H2,1-5H3,(H,35,36). The minimum atomic E-state index is -1.09. The van der Waals surface area contributed by atoms with Crippen LogP contribution in [0.15, 0.2) is 54.7 Å². The zero-order valence-electron chi connectivity index (χ0n) is 21.4. The number of ether oxygens (including phenoxy) is 1. The largest absolute Gasteiger partial charge is 0.496 e. The molecule has 0 aliphatic rings. The maximum absolute atomic E-state index is 12.7. The third-order valence-corrected chi connectivity index (χ3v) is 6.98. The average Bonchev–Trinajstić information content (AvgIpc) is 3.26. The third kappa shape index (κ3) is 5.36. The number of methoxy groups -OCH3 is 1. The van der Waals surface area contributed by atoms with Crippen molar-refractivity contribution in [3.63, 3.8) is 0 Å². The molecule has 2 heterocycles. The Morgan fingerprint density at radius 2 is 1.81 bits per heavy atom. The maximum Gasteiger partial charge on any atom is 0.356 e. The van der Waals surface area contributed by atoms with Crippen molar-refractivity contribution in [3.05, 3.63) is 98.5 Å². The van der Waals surface area contributed by atoms with Crippen LogP contribution < -0.4 is 4.74 Å². The molecule has 6 nitrogen and oxygen atoms in total. The van der Waals surface area contributed by atoms with Gasteiger partial charge in [0.25, 0.3) is 0 Å². The first kappa shape index (κ1) is 26.7. The Morgan fingerprint density at radius 3 is 2.46 bits per heavy atom. The van der Waals surface area contributed by atoms with E-state index in [-0.39, 0.29) is 17.7 Å². The van der Waals surface area contributed by atoms with Gasteiger partial charge in [-0.05, 0) is 81.1 Å². The topological polar surface area (TPSA) is 77.2 Å². The van der Waals surface area contributed by atoms with Gasteiger partial charge in [0, 0.05) is 28.9 Å². The van der Waals surface area contributed by atoms with Crippen LogP contribution in [0.1, 0.15) is 64.4 Å². The molecule has 2 aromatic carbocycles. The number of imidazole rings is 1. The van der Waals surface area contributed by atoms with Crippen molar-refractivity contribution in [2.45, 2.75) is 46.1 Å². The lowest BCUT2D eigenvalue weighted by atomic mass is 9.85. The van der Waals surface area contributed by atoms with Gasteiger partial charge in [0.2, 0.25) is 0 Å². The lowest BCUT2D eigenvalue weighted by Crippen LogP contribution is -2.18. The highest BCUT2D eigenvalue weighted by atomic mass is 35.5. The van der Waals surface area contributed by atoms with Crippen molar-refractivity contribution in [3.8, 4) is 17.1 Å². The van der Waals surface area contributed by atoms with Gasteiger partial charge in [-0.2, -0.15) is 0 Å². The Bertz CT molecular complexity index is 1460. The summed E-state index contributed by atoms with van der Waals surface area (Å²) in [6.45, 7) is 7.95. The van der Waals surface area contributed by atoms with Crippen LogP contribution in [0.2, 0.25) is 10.0 Å². The predicted octanol–water partition coefficient (Wildman–Crippen LogP) is 7.53. The second-order valence-electron chi connectivity index (χ2n) is 9.29. The van der Waals surface area contributed by atoms with Crippen LogP contribution in [0.25, 0.3) is 11.4 Å². The zero-order chi connectivity index (χ0) is 26.9. The first-order chi connectivity index (χ1) is 17.6. The first-order valence-electron chi connectivity index (χ1n) is 12.0. The van der Waals surface area contributed by atoms with Crippen LogP contribution in [-0.2, 0) is 6.42 Å². The Kier molecular flexibility index (Phi) is 7.90. The number of aryl methyl sites for hydroxylation is 2. The molecule has 0 amide bonds. The number of pyridine rings is 1. The summed E-state index contributed by atoms with van der Waals surface area (Å²) in [4.78, 5) is 21.8. The van der Waals surface area contributed by atoms with Crippen molar-refractivity contribution >= 4 is 29.2 Å². The summed E-state index contributed by atoms with van der Waals surface area (Å²) in [5.41, 5.74) is 5.00. The minimum Gasteiger partial charge on any atom is -0.496 e. The van der Waals surface area contributed by atoms with E-state index in [4.69, 9.17) is 32.9 Å². The predicted molar refractivity (Wildman–Crippen MR) is 147 cm³/mol. The molecule has 0 spiro atoms. The molecule has 1 unspecified atom stereocenters. The molecule has 1 atom stereocenters. The van der Waals surface area contributed by atoms with Gasteiger partial charge in [0.05, 0.1) is 23.4 Å². The smallest absolute Gasteiger partial charge is 0.356 e. The maximum atomic E-state index is 12.7. The minimum absolute atomic E-state index is 0.00148. The molecule has 8 heteroatoms. The number of rotatable bonds is 8. The summed E-state index contributed by atoms with van der Waals surface area (Å²) in [6.07, 6.45) is 2.09. The number of hydrogen-bond donors (Lipinski definition) is 1. The molecule has 1 N–H and O–H groups in total. The molecule has 0 aliphatic carbocycles. The molecule has 2 aromatic heterocycles. The van der Waals surface area contributed by atoms with Gasteiger partial charge in [-0.15, -0.1) is 0 Å². The van der Waals surface area contributed by atoms with Crippen molar-refractivity contribution in [2.75, 3.05) is 7.11 Å². The second-order valence-corrected chi connectivity index (χ2v) is 10.2. The van der Waals surface area contributed by atoms with Crippen LogP contribution in [-0.4, -0.2) is 32.7 Å². The Morgan fingerprint density at radius 1 is 1.08 bits per heavy atom. The second kappa shape index (κ2) is 11.0. The number of carboxylic acids is 1. The quantitative estimate of drug-likeness (QED) is 0.251. The highest BCUT2D eigenvalue weighted by Gasteiger charge is 2.33. The molecule has 0 saturated carbocycles. The molecule has 0 bridgehead atoms. The number of para-hydroxylation sites is 1. The molecular formula is C29H29Cl2N3O3. The van der Waals surface area contributed by atoms with E-state index in [0.717, 1.165) is 27.9 Å². The van der Waals surface area contributed by atoms with Gasteiger partial charge in [0.15, 0.2) is 5.69 Å². The number of hydrogen-bond acceptors (Lipinski definition) is 4. The molecule has 0 saturated heterocycles. The van der Waals surface area contributed by atoms with Crippen LogP contribution in [0.3, 0.4) is 0 Å². The monoisotopic (exact) mass is 537 g/mol. The Balaban J connectivity index is 2.06. The number of nitrogens with zero attached hydrogens (tertiary/aromatic N) is 3. The Hall–Kier alpha value is -3.35. The van der Waals surface area contributed by atoms with Crippen molar-refractivity contribution in [1.29, 1.82) is 0 Å². The molecule has 4 aromatic rings. The van der Waals surface area contributed by atoms with Gasteiger partial charge in [-0.25, -0.2) is 9.78 Å². The average molecular weight is 538 g/mol. The first-order valence-corrected chi connectivity index (χ1v) is 12.7. The highest BCUT2D eigenvalue weighted by molar-refractivity contribution is 6.30. The lowest BCUT2D eigenvalue weighted by molar-refractivity contribution is 0.0689. The van der Waals surface area contributed by atoms with Gasteiger partial charge >= 0.3 is 5.97 Å². The molecular weight excluding hydrogens is 509 g/mol. The SMILES string of the molecule is COc1ccccc1-c1nc(C(=O)O)c(C(Cc2cc(Cl)cnc2C)c2ccc(Cl)cc2C)n1C(C)C. The fourth-order valence-corrected chi connectivity index (χ4v) is 5.24. The van der Waals surface area contributed by atoms with Crippen LogP contribution >= 0.6 is 23.2 Å². The number of carboxylic acid groups (broad SMARTS) is 1. The summed E-state index contributed by atoms with van der Waals surface area (Å²) in [7, 11) is 1.59. The number of benzene rings is 2. The summed E-state index contributed by atoms with van der Waals surface area (Å²) in [5.74, 6) is -0.298. The fraction of sp³-hybridized carbons (Fsp3) is 0.276. The number of aromatic nitrogens is 3. The van der Waals surface area contributed by atoms with Crippen LogP contribution in [0, 0.1) is 13.8 Å². The highest BCUT2D eigenvalue weighted by Crippen LogP contribution is 2.40. The van der Waals surface area contributed by atoms with E-state index in [1.54, 1.807) is 13.3 Å². The van der Waals surface area contributed by atoms with E-state index >= 15 is 0 Å². The summed E-state index contributed by atoms with van der Waals surface area (Å²) in [5, 5.41) is 11.5. The van der Waals surface area contributed by atoms with Gasteiger partial charge in [0.1, 0.15) is 11.6 Å². The van der Waals surface area contributed by atoms with Crippen molar-refractivity contribution in [1.82, 2.24) is 14.5 Å². The lowest BCUT2D eigenvalue weighted by Gasteiger charge is -2.26. The molecule has 37 heavy (non-hydrogen) atoms. The molecule has 0 aliphatic heterocycles. The van der Waals surface area contributed by atoms with E-state index in [0.29, 0.717) is 33.7 Å². The van der Waals surface area contributed by atoms with E-state index in [1.165, 1.54) is 0 Å². The Labute approximate surface area is 226 Å².